The Morgan fingerprint density at radius 2 is 1.86 bits per heavy atom. The van der Waals surface area contributed by atoms with Gasteiger partial charge < -0.3 is 9.84 Å². The lowest BCUT2D eigenvalue weighted by Gasteiger charge is -2.34. The molecule has 1 aromatic carbocycles. The van der Waals surface area contributed by atoms with Crippen molar-refractivity contribution in [2.24, 2.45) is 11.8 Å². The lowest BCUT2D eigenvalue weighted by Crippen LogP contribution is -2.42. The molecule has 0 amide bonds. The van der Waals surface area contributed by atoms with Crippen LogP contribution in [0.2, 0.25) is 0 Å². The van der Waals surface area contributed by atoms with E-state index >= 15 is 0 Å². The first-order valence-electron chi connectivity index (χ1n) is 7.17. The van der Waals surface area contributed by atoms with Gasteiger partial charge in [-0.05, 0) is 36.5 Å². The number of rotatable bonds is 4. The van der Waals surface area contributed by atoms with Crippen molar-refractivity contribution in [2.45, 2.75) is 25.2 Å². The first kappa shape index (κ1) is 16.8. The fraction of sp³-hybridized carbons (Fsp3) is 0.533. The van der Waals surface area contributed by atoms with E-state index in [9.17, 15) is 13.2 Å². The molecule has 1 saturated heterocycles. The van der Waals surface area contributed by atoms with Gasteiger partial charge in [0.05, 0.1) is 12.7 Å². The number of aromatic carboxylic acids is 1. The number of piperidine rings is 1. The summed E-state index contributed by atoms with van der Waals surface area (Å²) in [5, 5.41) is 9.08. The molecular formula is C15H21NO5S. The van der Waals surface area contributed by atoms with Gasteiger partial charge in [-0.1, -0.05) is 13.8 Å². The number of methoxy groups -OCH3 is 1. The van der Waals surface area contributed by atoms with Crippen molar-refractivity contribution < 1.29 is 23.1 Å². The number of carboxylic acid groups (broad SMARTS) is 1. The largest absolute Gasteiger partial charge is 0.495 e. The van der Waals surface area contributed by atoms with Crippen LogP contribution in [-0.2, 0) is 10.0 Å². The van der Waals surface area contributed by atoms with Gasteiger partial charge in [0.25, 0.3) is 0 Å². The van der Waals surface area contributed by atoms with E-state index in [0.29, 0.717) is 13.1 Å². The maximum atomic E-state index is 12.9. The predicted octanol–water partition coefficient (Wildman–Crippen LogP) is 2.06. The van der Waals surface area contributed by atoms with Gasteiger partial charge in [0.15, 0.2) is 0 Å². The fourth-order valence-corrected chi connectivity index (χ4v) is 4.81. The molecule has 22 heavy (non-hydrogen) atoms. The zero-order chi connectivity index (χ0) is 16.5. The van der Waals surface area contributed by atoms with Crippen LogP contribution in [0.1, 0.15) is 30.6 Å². The number of benzene rings is 1. The van der Waals surface area contributed by atoms with Crippen LogP contribution >= 0.6 is 0 Å². The van der Waals surface area contributed by atoms with E-state index < -0.39 is 16.0 Å². The highest BCUT2D eigenvalue weighted by Gasteiger charge is 2.33. The molecule has 2 atom stereocenters. The van der Waals surface area contributed by atoms with Gasteiger partial charge in [-0.15, -0.1) is 0 Å². The Balaban J connectivity index is 2.48. The molecule has 0 saturated carbocycles. The van der Waals surface area contributed by atoms with Crippen LogP contribution in [0.5, 0.6) is 5.75 Å². The molecule has 1 N–H and O–H groups in total. The zero-order valence-corrected chi connectivity index (χ0v) is 13.8. The van der Waals surface area contributed by atoms with Gasteiger partial charge in [0.1, 0.15) is 10.6 Å². The van der Waals surface area contributed by atoms with E-state index in [-0.39, 0.29) is 28.0 Å². The number of hydrogen-bond donors (Lipinski definition) is 1. The van der Waals surface area contributed by atoms with Crippen LogP contribution < -0.4 is 4.74 Å². The summed E-state index contributed by atoms with van der Waals surface area (Å²) < 4.78 is 32.3. The summed E-state index contributed by atoms with van der Waals surface area (Å²) in [6, 6.07) is 3.88. The smallest absolute Gasteiger partial charge is 0.335 e. The maximum absolute atomic E-state index is 12.9. The van der Waals surface area contributed by atoms with Crippen LogP contribution in [0, 0.1) is 11.8 Å². The minimum atomic E-state index is -3.78. The Labute approximate surface area is 130 Å². The monoisotopic (exact) mass is 327 g/mol. The molecule has 0 bridgehead atoms. The fourth-order valence-electron chi connectivity index (χ4n) is 2.95. The standard InChI is InChI=1S/C15H21NO5S/c1-10-6-11(2)9-16(8-10)22(19,20)14-7-12(15(17)18)4-5-13(14)21-3/h4-5,7,10-11H,6,8-9H2,1-3H3,(H,17,18)/t10-,11-/m1/s1. The average molecular weight is 327 g/mol. The summed E-state index contributed by atoms with van der Waals surface area (Å²) in [5.74, 6) is -0.463. The summed E-state index contributed by atoms with van der Waals surface area (Å²) in [5.41, 5.74) is -0.0718. The Kier molecular flexibility index (Phi) is 4.77. The molecule has 1 aliphatic rings. The molecule has 6 nitrogen and oxygen atoms in total. The van der Waals surface area contributed by atoms with Crippen molar-refractivity contribution in [2.75, 3.05) is 20.2 Å². The third-order valence-electron chi connectivity index (χ3n) is 3.86. The Morgan fingerprint density at radius 1 is 1.27 bits per heavy atom. The molecule has 0 unspecified atom stereocenters. The first-order valence-corrected chi connectivity index (χ1v) is 8.61. The van der Waals surface area contributed by atoms with Crippen LogP contribution in [0.4, 0.5) is 0 Å². The summed E-state index contributed by atoms with van der Waals surface area (Å²) in [4.78, 5) is 11.0. The molecule has 1 aromatic rings. The number of sulfonamides is 1. The van der Waals surface area contributed by atoms with Gasteiger partial charge in [-0.25, -0.2) is 13.2 Å². The van der Waals surface area contributed by atoms with Crippen molar-refractivity contribution in [3.05, 3.63) is 23.8 Å². The normalized spacial score (nSPS) is 23.2. The summed E-state index contributed by atoms with van der Waals surface area (Å²) in [7, 11) is -2.41. The van der Waals surface area contributed by atoms with E-state index in [2.05, 4.69) is 0 Å². The molecule has 0 radical (unpaired) electrons. The van der Waals surface area contributed by atoms with Crippen molar-refractivity contribution >= 4 is 16.0 Å². The lowest BCUT2D eigenvalue weighted by molar-refractivity contribution is 0.0696. The van der Waals surface area contributed by atoms with Gasteiger partial charge in [0, 0.05) is 13.1 Å². The number of carboxylic acids is 1. The molecule has 0 aliphatic carbocycles. The Hall–Kier alpha value is -1.60. The topological polar surface area (TPSA) is 83.9 Å². The van der Waals surface area contributed by atoms with Crippen LogP contribution in [0.15, 0.2) is 23.1 Å². The highest BCUT2D eigenvalue weighted by Crippen LogP contribution is 2.31. The molecular weight excluding hydrogens is 306 g/mol. The average Bonchev–Trinajstić information content (AvgIpc) is 2.45. The molecule has 1 aliphatic heterocycles. The van der Waals surface area contributed by atoms with Crippen molar-refractivity contribution in [3.8, 4) is 5.75 Å². The predicted molar refractivity (Wildman–Crippen MR) is 81.7 cm³/mol. The Morgan fingerprint density at radius 3 is 2.36 bits per heavy atom. The SMILES string of the molecule is COc1ccc(C(=O)O)cc1S(=O)(=O)N1C[C@H](C)C[C@@H](C)C1. The minimum Gasteiger partial charge on any atom is -0.495 e. The second kappa shape index (κ2) is 6.26. The number of carbonyl (C=O) groups is 1. The van der Waals surface area contributed by atoms with E-state index in [4.69, 9.17) is 9.84 Å². The molecule has 1 heterocycles. The zero-order valence-electron chi connectivity index (χ0n) is 12.9. The second-order valence-corrected chi connectivity index (χ2v) is 7.85. The molecule has 0 aromatic heterocycles. The van der Waals surface area contributed by atoms with E-state index in [1.165, 1.54) is 29.6 Å². The molecule has 2 rings (SSSR count). The van der Waals surface area contributed by atoms with Crippen molar-refractivity contribution in [1.82, 2.24) is 4.31 Å². The highest BCUT2D eigenvalue weighted by molar-refractivity contribution is 7.89. The lowest BCUT2D eigenvalue weighted by atomic mass is 9.94. The highest BCUT2D eigenvalue weighted by atomic mass is 32.2. The van der Waals surface area contributed by atoms with E-state index in [0.717, 1.165) is 6.42 Å². The van der Waals surface area contributed by atoms with Crippen molar-refractivity contribution in [3.63, 3.8) is 0 Å². The number of nitrogens with zero attached hydrogens (tertiary/aromatic N) is 1. The van der Waals surface area contributed by atoms with Crippen molar-refractivity contribution in [1.29, 1.82) is 0 Å². The minimum absolute atomic E-state index is 0.0718. The molecule has 7 heteroatoms. The molecule has 122 valence electrons. The second-order valence-electron chi connectivity index (χ2n) is 5.94. The number of ether oxygens (including phenoxy) is 1. The van der Waals surface area contributed by atoms with Gasteiger partial charge >= 0.3 is 5.97 Å². The molecule has 1 fully saturated rings. The third kappa shape index (κ3) is 3.25. The summed E-state index contributed by atoms with van der Waals surface area (Å²) in [6.45, 7) is 4.91. The van der Waals surface area contributed by atoms with E-state index in [1.807, 2.05) is 13.8 Å². The summed E-state index contributed by atoms with van der Waals surface area (Å²) in [6.07, 6.45) is 0.984. The van der Waals surface area contributed by atoms with Crippen LogP contribution in [0.3, 0.4) is 0 Å². The molecule has 0 spiro atoms. The van der Waals surface area contributed by atoms with Crippen LogP contribution in [0.25, 0.3) is 0 Å². The van der Waals surface area contributed by atoms with E-state index in [1.54, 1.807) is 0 Å². The third-order valence-corrected chi connectivity index (χ3v) is 5.72. The van der Waals surface area contributed by atoms with Gasteiger partial charge in [-0.2, -0.15) is 4.31 Å². The maximum Gasteiger partial charge on any atom is 0.335 e. The number of hydrogen-bond acceptors (Lipinski definition) is 4. The van der Waals surface area contributed by atoms with Gasteiger partial charge in [0.2, 0.25) is 10.0 Å². The van der Waals surface area contributed by atoms with Crippen LogP contribution in [-0.4, -0.2) is 44.0 Å². The Bertz CT molecular complexity index is 661. The first-order chi connectivity index (χ1) is 10.3. The summed E-state index contributed by atoms with van der Waals surface area (Å²) >= 11 is 0. The quantitative estimate of drug-likeness (QED) is 0.915. The van der Waals surface area contributed by atoms with Gasteiger partial charge in [-0.3, -0.25) is 0 Å².